The maximum Gasteiger partial charge on any atom is 0.229 e. The Bertz CT molecular complexity index is 950. The van der Waals surface area contributed by atoms with Gasteiger partial charge in [-0.05, 0) is 12.5 Å². The largest absolute Gasteiger partial charge is 0.486 e. The highest BCUT2D eigenvalue weighted by Gasteiger charge is 2.26. The summed E-state index contributed by atoms with van der Waals surface area (Å²) in [4.78, 5) is 8.88. The minimum Gasteiger partial charge on any atom is -0.486 e. The molecule has 0 saturated carbocycles. The normalized spacial score (nSPS) is 18.6. The van der Waals surface area contributed by atoms with Crippen LogP contribution in [0.4, 0.5) is 17.5 Å². The van der Waals surface area contributed by atoms with Crippen molar-refractivity contribution in [2.24, 2.45) is 0 Å². The van der Waals surface area contributed by atoms with Gasteiger partial charge in [0.25, 0.3) is 0 Å². The number of nitrogens with one attached hydrogen (secondary N) is 3. The number of benzene rings is 1. The van der Waals surface area contributed by atoms with Crippen molar-refractivity contribution in [1.82, 2.24) is 15.3 Å². The van der Waals surface area contributed by atoms with Crippen LogP contribution in [0.3, 0.4) is 0 Å². The maximum atomic E-state index is 10.2. The zero-order chi connectivity index (χ0) is 20.4. The van der Waals surface area contributed by atoms with E-state index in [9.17, 15) is 5.11 Å². The van der Waals surface area contributed by atoms with Crippen LogP contribution in [0.2, 0.25) is 5.02 Å². The van der Waals surface area contributed by atoms with Crippen LogP contribution in [0, 0.1) is 6.92 Å². The van der Waals surface area contributed by atoms with Gasteiger partial charge in [-0.2, -0.15) is 4.98 Å². The van der Waals surface area contributed by atoms with E-state index < -0.39 is 6.10 Å². The number of anilines is 3. The Labute approximate surface area is 174 Å². The number of hydrogen-bond acceptors (Lipinski definition) is 8. The second kappa shape index (κ2) is 8.44. The van der Waals surface area contributed by atoms with Crippen molar-refractivity contribution in [3.63, 3.8) is 0 Å². The molecule has 4 rings (SSSR count). The number of halogens is 1. The van der Waals surface area contributed by atoms with Crippen molar-refractivity contribution in [3.8, 4) is 11.5 Å². The van der Waals surface area contributed by atoms with Gasteiger partial charge in [-0.25, -0.2) is 4.98 Å². The third-order valence-corrected chi connectivity index (χ3v) is 5.17. The molecule has 0 aliphatic carbocycles. The first-order valence-corrected chi connectivity index (χ1v) is 9.93. The molecule has 1 aromatic carbocycles. The molecule has 4 N–H and O–H groups in total. The zero-order valence-corrected chi connectivity index (χ0v) is 17.1. The summed E-state index contributed by atoms with van der Waals surface area (Å²) < 4.78 is 11.7. The van der Waals surface area contributed by atoms with Crippen LogP contribution in [-0.4, -0.2) is 54.5 Å². The summed E-state index contributed by atoms with van der Waals surface area (Å²) >= 11 is 6.83. The second-order valence-corrected chi connectivity index (χ2v) is 7.35. The lowest BCUT2D eigenvalue weighted by Gasteiger charge is -2.25. The topological polar surface area (TPSA) is 101 Å². The van der Waals surface area contributed by atoms with E-state index in [2.05, 4.69) is 25.9 Å². The number of rotatable bonds is 4. The van der Waals surface area contributed by atoms with Crippen molar-refractivity contribution in [1.29, 1.82) is 0 Å². The van der Waals surface area contributed by atoms with Gasteiger partial charge in [-0.1, -0.05) is 17.7 Å². The number of aryl methyl sites for hydroxylation is 1. The number of aliphatic hydroxyl groups is 1. The maximum absolute atomic E-state index is 10.2. The fraction of sp³-hybridized carbons (Fsp3) is 0.400. The van der Waals surface area contributed by atoms with Gasteiger partial charge in [0.2, 0.25) is 5.95 Å². The van der Waals surface area contributed by atoms with E-state index in [1.54, 1.807) is 13.1 Å². The van der Waals surface area contributed by atoms with Crippen molar-refractivity contribution in [2.75, 3.05) is 44.0 Å². The predicted molar refractivity (Wildman–Crippen MR) is 114 cm³/mol. The molecule has 2 aliphatic heterocycles. The van der Waals surface area contributed by atoms with Crippen LogP contribution in [0.1, 0.15) is 17.7 Å². The third kappa shape index (κ3) is 4.24. The molecule has 2 aromatic rings. The van der Waals surface area contributed by atoms with Gasteiger partial charge < -0.3 is 30.5 Å². The summed E-state index contributed by atoms with van der Waals surface area (Å²) in [5, 5.41) is 20.1. The van der Waals surface area contributed by atoms with E-state index in [4.69, 9.17) is 21.1 Å². The number of β-amino-alcohol motifs (C(OH)–C–C–N with tert-alkyl or cyclic N) is 1. The van der Waals surface area contributed by atoms with E-state index in [-0.39, 0.29) is 0 Å². The Morgan fingerprint density at radius 2 is 2.07 bits per heavy atom. The quantitative estimate of drug-likeness (QED) is 0.602. The SMILES string of the molecule is CNc1cc(C)nc(Nc2cc3c(c(C4=CCNC[C@H](O)C4)c2Cl)OCCO3)n1. The highest BCUT2D eigenvalue weighted by atomic mass is 35.5. The molecule has 0 fully saturated rings. The average Bonchev–Trinajstić information content (AvgIpc) is 2.92. The van der Waals surface area contributed by atoms with E-state index in [0.717, 1.165) is 16.8 Å². The Morgan fingerprint density at radius 1 is 1.24 bits per heavy atom. The molecule has 1 aromatic heterocycles. The Kier molecular flexibility index (Phi) is 5.75. The van der Waals surface area contributed by atoms with Gasteiger partial charge in [0, 0.05) is 49.9 Å². The Hall–Kier alpha value is -2.55. The van der Waals surface area contributed by atoms with Crippen molar-refractivity contribution in [2.45, 2.75) is 19.4 Å². The molecule has 0 unspecified atom stereocenters. The smallest absolute Gasteiger partial charge is 0.229 e. The van der Waals surface area contributed by atoms with E-state index >= 15 is 0 Å². The lowest BCUT2D eigenvalue weighted by Crippen LogP contribution is -2.24. The van der Waals surface area contributed by atoms with Crippen molar-refractivity contribution < 1.29 is 14.6 Å². The van der Waals surface area contributed by atoms with Gasteiger partial charge in [-0.15, -0.1) is 0 Å². The summed E-state index contributed by atoms with van der Waals surface area (Å²) in [6.45, 7) is 3.97. The number of aromatic nitrogens is 2. The first-order chi connectivity index (χ1) is 14.0. The standard InChI is InChI=1S/C20H24ClN5O3/c1-11-7-16(22-2)26-20(24-11)25-14-9-15-19(29-6-5-28-15)17(18(14)21)12-3-4-23-10-13(27)8-12/h3,7,9,13,23,27H,4-6,8,10H2,1-2H3,(H2,22,24,25,26)/t13-/m1/s1. The molecular weight excluding hydrogens is 394 g/mol. The zero-order valence-electron chi connectivity index (χ0n) is 16.4. The molecule has 0 bridgehead atoms. The van der Waals surface area contributed by atoms with Gasteiger partial charge in [0.05, 0.1) is 16.8 Å². The molecule has 3 heterocycles. The molecular formula is C20H24ClN5O3. The molecule has 8 nitrogen and oxygen atoms in total. The molecule has 154 valence electrons. The van der Waals surface area contributed by atoms with Gasteiger partial charge >= 0.3 is 0 Å². The molecule has 9 heteroatoms. The fourth-order valence-electron chi connectivity index (χ4n) is 3.47. The monoisotopic (exact) mass is 417 g/mol. The van der Waals surface area contributed by atoms with E-state index in [0.29, 0.717) is 66.7 Å². The predicted octanol–water partition coefficient (Wildman–Crippen LogP) is 2.73. The number of fused-ring (bicyclic) bond motifs is 1. The molecule has 29 heavy (non-hydrogen) atoms. The molecule has 0 spiro atoms. The first-order valence-electron chi connectivity index (χ1n) is 9.56. The number of aliphatic hydroxyl groups excluding tert-OH is 1. The van der Waals surface area contributed by atoms with Crippen LogP contribution >= 0.6 is 11.6 Å². The van der Waals surface area contributed by atoms with Crippen LogP contribution in [0.5, 0.6) is 11.5 Å². The minimum atomic E-state index is -0.505. The highest BCUT2D eigenvalue weighted by Crippen LogP contribution is 2.47. The number of nitrogens with zero attached hydrogens (tertiary/aromatic N) is 2. The molecule has 1 atom stereocenters. The lowest BCUT2D eigenvalue weighted by atomic mass is 9.97. The fourth-order valence-corrected chi connectivity index (χ4v) is 3.78. The Morgan fingerprint density at radius 3 is 2.90 bits per heavy atom. The Balaban J connectivity index is 1.79. The average molecular weight is 418 g/mol. The molecule has 2 aliphatic rings. The van der Waals surface area contributed by atoms with Crippen LogP contribution in [0.25, 0.3) is 5.57 Å². The van der Waals surface area contributed by atoms with Crippen LogP contribution in [-0.2, 0) is 0 Å². The van der Waals surface area contributed by atoms with E-state index in [1.165, 1.54) is 0 Å². The number of ether oxygens (including phenoxy) is 2. The lowest BCUT2D eigenvalue weighted by molar-refractivity contribution is 0.170. The highest BCUT2D eigenvalue weighted by molar-refractivity contribution is 6.35. The van der Waals surface area contributed by atoms with Gasteiger partial charge in [0.1, 0.15) is 19.0 Å². The first kappa shape index (κ1) is 19.8. The summed E-state index contributed by atoms with van der Waals surface area (Å²) in [6, 6.07) is 3.66. The second-order valence-electron chi connectivity index (χ2n) is 6.98. The van der Waals surface area contributed by atoms with Crippen molar-refractivity contribution >= 4 is 34.6 Å². The molecule has 0 saturated heterocycles. The van der Waals surface area contributed by atoms with Crippen LogP contribution in [0.15, 0.2) is 18.2 Å². The number of hydrogen-bond donors (Lipinski definition) is 4. The molecule has 0 radical (unpaired) electrons. The molecule has 0 amide bonds. The summed E-state index contributed by atoms with van der Waals surface area (Å²) in [7, 11) is 1.80. The van der Waals surface area contributed by atoms with Crippen LogP contribution < -0.4 is 25.4 Å². The summed E-state index contributed by atoms with van der Waals surface area (Å²) in [5.41, 5.74) is 3.09. The van der Waals surface area contributed by atoms with Crippen molar-refractivity contribution in [3.05, 3.63) is 34.5 Å². The minimum absolute atomic E-state index is 0.426. The van der Waals surface area contributed by atoms with Gasteiger partial charge in [0.15, 0.2) is 11.5 Å². The van der Waals surface area contributed by atoms with E-state index in [1.807, 2.05) is 19.1 Å². The third-order valence-electron chi connectivity index (χ3n) is 4.78. The van der Waals surface area contributed by atoms with Gasteiger partial charge in [-0.3, -0.25) is 0 Å². The summed E-state index contributed by atoms with van der Waals surface area (Å²) in [6.07, 6.45) is 1.99. The summed E-state index contributed by atoms with van der Waals surface area (Å²) in [5.74, 6) is 2.34.